The van der Waals surface area contributed by atoms with Crippen LogP contribution >= 0.6 is 11.6 Å². The van der Waals surface area contributed by atoms with Crippen LogP contribution in [-0.2, 0) is 6.54 Å². The number of fused-ring (bicyclic) bond motifs is 1. The van der Waals surface area contributed by atoms with E-state index in [4.69, 9.17) is 16.3 Å². The SMILES string of the molecule is ClCCCNc1ccc2c(n1)CNCCO2. The lowest BCUT2D eigenvalue weighted by Crippen LogP contribution is -2.16. The van der Waals surface area contributed by atoms with Crippen LogP contribution in [0.3, 0.4) is 0 Å². The molecule has 16 heavy (non-hydrogen) atoms. The zero-order chi connectivity index (χ0) is 11.2. The Kier molecular flexibility index (Phi) is 4.25. The van der Waals surface area contributed by atoms with Gasteiger partial charge in [0, 0.05) is 25.5 Å². The summed E-state index contributed by atoms with van der Waals surface area (Å²) in [5.41, 5.74) is 0.966. The van der Waals surface area contributed by atoms with Gasteiger partial charge in [0.25, 0.3) is 0 Å². The van der Waals surface area contributed by atoms with Crippen molar-refractivity contribution in [2.45, 2.75) is 13.0 Å². The van der Waals surface area contributed by atoms with Crippen LogP contribution in [-0.4, -0.2) is 30.6 Å². The molecule has 1 aromatic heterocycles. The minimum Gasteiger partial charge on any atom is -0.490 e. The number of hydrogen-bond donors (Lipinski definition) is 2. The van der Waals surface area contributed by atoms with E-state index in [9.17, 15) is 0 Å². The number of hydrogen-bond acceptors (Lipinski definition) is 4. The minimum absolute atomic E-state index is 0.669. The molecular formula is C11H16ClN3O. The Balaban J connectivity index is 2.02. The summed E-state index contributed by atoms with van der Waals surface area (Å²) in [5.74, 6) is 2.44. The fourth-order valence-corrected chi connectivity index (χ4v) is 1.70. The molecule has 1 aliphatic rings. The third-order valence-electron chi connectivity index (χ3n) is 2.38. The van der Waals surface area contributed by atoms with E-state index in [1.54, 1.807) is 0 Å². The third kappa shape index (κ3) is 3.00. The lowest BCUT2D eigenvalue weighted by molar-refractivity contribution is 0.325. The second kappa shape index (κ2) is 5.92. The van der Waals surface area contributed by atoms with Crippen LogP contribution in [0.5, 0.6) is 5.75 Å². The van der Waals surface area contributed by atoms with E-state index >= 15 is 0 Å². The molecule has 2 N–H and O–H groups in total. The van der Waals surface area contributed by atoms with Crippen molar-refractivity contribution in [3.05, 3.63) is 17.8 Å². The van der Waals surface area contributed by atoms with E-state index < -0.39 is 0 Å². The summed E-state index contributed by atoms with van der Waals surface area (Å²) >= 11 is 5.61. The molecule has 0 saturated carbocycles. The molecule has 88 valence electrons. The zero-order valence-corrected chi connectivity index (χ0v) is 9.89. The largest absolute Gasteiger partial charge is 0.490 e. The van der Waals surface area contributed by atoms with Crippen LogP contribution in [0.25, 0.3) is 0 Å². The average molecular weight is 242 g/mol. The normalized spacial score (nSPS) is 14.8. The quantitative estimate of drug-likeness (QED) is 0.621. The van der Waals surface area contributed by atoms with Gasteiger partial charge in [0.2, 0.25) is 0 Å². The van der Waals surface area contributed by atoms with Crippen LogP contribution in [0.1, 0.15) is 12.1 Å². The van der Waals surface area contributed by atoms with Crippen molar-refractivity contribution in [2.75, 3.05) is 30.9 Å². The maximum Gasteiger partial charge on any atom is 0.142 e. The van der Waals surface area contributed by atoms with Crippen molar-refractivity contribution in [2.24, 2.45) is 0 Å². The summed E-state index contributed by atoms with van der Waals surface area (Å²) in [5, 5.41) is 6.50. The molecule has 0 fully saturated rings. The maximum absolute atomic E-state index is 5.61. The number of aromatic nitrogens is 1. The van der Waals surface area contributed by atoms with Crippen molar-refractivity contribution >= 4 is 17.4 Å². The van der Waals surface area contributed by atoms with Gasteiger partial charge < -0.3 is 15.4 Å². The number of anilines is 1. The lowest BCUT2D eigenvalue weighted by atomic mass is 10.3. The van der Waals surface area contributed by atoms with Gasteiger partial charge in [0.1, 0.15) is 18.2 Å². The monoisotopic (exact) mass is 241 g/mol. The van der Waals surface area contributed by atoms with Gasteiger partial charge in [0.05, 0.1) is 5.69 Å². The number of halogens is 1. The van der Waals surface area contributed by atoms with Crippen molar-refractivity contribution in [3.8, 4) is 5.75 Å². The number of ether oxygens (including phenoxy) is 1. The fourth-order valence-electron chi connectivity index (χ4n) is 1.57. The molecule has 0 radical (unpaired) electrons. The third-order valence-corrected chi connectivity index (χ3v) is 2.65. The molecular weight excluding hydrogens is 226 g/mol. The summed E-state index contributed by atoms with van der Waals surface area (Å²) < 4.78 is 5.56. The van der Waals surface area contributed by atoms with Crippen LogP contribution in [0.15, 0.2) is 12.1 Å². The Morgan fingerprint density at radius 3 is 3.31 bits per heavy atom. The number of pyridine rings is 1. The lowest BCUT2D eigenvalue weighted by Gasteiger charge is -2.09. The van der Waals surface area contributed by atoms with E-state index in [2.05, 4.69) is 15.6 Å². The Bertz CT molecular complexity index is 346. The molecule has 2 rings (SSSR count). The standard InChI is InChI=1S/C11H16ClN3O/c12-4-1-5-14-11-3-2-10-9(15-11)8-13-6-7-16-10/h2-3,13H,1,4-8H2,(H,14,15). The highest BCUT2D eigenvalue weighted by molar-refractivity contribution is 6.17. The predicted octanol–water partition coefficient (Wildman–Crippen LogP) is 1.60. The van der Waals surface area contributed by atoms with Gasteiger partial charge in [-0.05, 0) is 18.6 Å². The highest BCUT2D eigenvalue weighted by Gasteiger charge is 2.09. The van der Waals surface area contributed by atoms with Crippen LogP contribution in [0, 0.1) is 0 Å². The Morgan fingerprint density at radius 1 is 1.50 bits per heavy atom. The topological polar surface area (TPSA) is 46.2 Å². The number of alkyl halides is 1. The number of nitrogens with zero attached hydrogens (tertiary/aromatic N) is 1. The molecule has 0 saturated heterocycles. The van der Waals surface area contributed by atoms with Gasteiger partial charge in [-0.1, -0.05) is 0 Å². The molecule has 0 amide bonds. The van der Waals surface area contributed by atoms with E-state index in [1.165, 1.54) is 0 Å². The van der Waals surface area contributed by atoms with Crippen molar-refractivity contribution in [3.63, 3.8) is 0 Å². The van der Waals surface area contributed by atoms with Gasteiger partial charge in [-0.2, -0.15) is 0 Å². The summed E-state index contributed by atoms with van der Waals surface area (Å²) in [4.78, 5) is 4.50. The van der Waals surface area contributed by atoms with Crippen LogP contribution in [0.2, 0.25) is 0 Å². The van der Waals surface area contributed by atoms with Gasteiger partial charge in [-0.25, -0.2) is 4.98 Å². The van der Waals surface area contributed by atoms with Crippen LogP contribution in [0.4, 0.5) is 5.82 Å². The molecule has 5 heteroatoms. The molecule has 0 atom stereocenters. The van der Waals surface area contributed by atoms with Gasteiger partial charge >= 0.3 is 0 Å². The first kappa shape index (κ1) is 11.5. The molecule has 1 aliphatic heterocycles. The second-order valence-corrected chi connectivity index (χ2v) is 4.01. The second-order valence-electron chi connectivity index (χ2n) is 3.64. The predicted molar refractivity (Wildman–Crippen MR) is 65.3 cm³/mol. The summed E-state index contributed by atoms with van der Waals surface area (Å²) in [6, 6.07) is 3.91. The molecule has 0 bridgehead atoms. The minimum atomic E-state index is 0.669. The molecule has 0 aromatic carbocycles. The first-order chi connectivity index (χ1) is 7.90. The molecule has 0 unspecified atom stereocenters. The van der Waals surface area contributed by atoms with Crippen molar-refractivity contribution in [1.82, 2.24) is 10.3 Å². The molecule has 4 nitrogen and oxygen atoms in total. The first-order valence-corrected chi connectivity index (χ1v) is 6.07. The Hall–Kier alpha value is -1.00. The zero-order valence-electron chi connectivity index (χ0n) is 9.13. The van der Waals surface area contributed by atoms with Crippen molar-refractivity contribution < 1.29 is 4.74 Å². The molecule has 0 aliphatic carbocycles. The van der Waals surface area contributed by atoms with Crippen molar-refractivity contribution in [1.29, 1.82) is 0 Å². The summed E-state index contributed by atoms with van der Waals surface area (Å²) in [7, 11) is 0. The Labute approximate surface area is 100 Å². The highest BCUT2D eigenvalue weighted by Crippen LogP contribution is 2.20. The van der Waals surface area contributed by atoms with E-state index in [0.717, 1.165) is 43.3 Å². The van der Waals surface area contributed by atoms with E-state index in [1.807, 2.05) is 12.1 Å². The van der Waals surface area contributed by atoms with E-state index in [0.29, 0.717) is 12.5 Å². The van der Waals surface area contributed by atoms with E-state index in [-0.39, 0.29) is 0 Å². The maximum atomic E-state index is 5.61. The smallest absolute Gasteiger partial charge is 0.142 e. The highest BCUT2D eigenvalue weighted by atomic mass is 35.5. The summed E-state index contributed by atoms with van der Waals surface area (Å²) in [6.45, 7) is 3.18. The van der Waals surface area contributed by atoms with Gasteiger partial charge in [0.15, 0.2) is 0 Å². The number of rotatable bonds is 4. The molecule has 2 heterocycles. The first-order valence-electron chi connectivity index (χ1n) is 5.53. The average Bonchev–Trinajstić information content (AvgIpc) is 2.54. The number of nitrogens with one attached hydrogen (secondary N) is 2. The summed E-state index contributed by atoms with van der Waals surface area (Å²) in [6.07, 6.45) is 0.940. The fraction of sp³-hybridized carbons (Fsp3) is 0.545. The van der Waals surface area contributed by atoms with Gasteiger partial charge in [-0.3, -0.25) is 0 Å². The Morgan fingerprint density at radius 2 is 2.44 bits per heavy atom. The van der Waals surface area contributed by atoms with Gasteiger partial charge in [-0.15, -0.1) is 11.6 Å². The molecule has 1 aromatic rings. The molecule has 0 spiro atoms. The van der Waals surface area contributed by atoms with Crippen LogP contribution < -0.4 is 15.4 Å².